The molecule has 1 saturated heterocycles. The molecule has 2 amide bonds. The van der Waals surface area contributed by atoms with Gasteiger partial charge < -0.3 is 35.3 Å². The van der Waals surface area contributed by atoms with Crippen LogP contribution < -0.4 is 21.5 Å². The first-order valence-corrected chi connectivity index (χ1v) is 14.6. The average Bonchev–Trinajstić information content (AvgIpc) is 3.35. The quantitative estimate of drug-likeness (QED) is 0.264. The number of aromatic nitrogens is 4. The van der Waals surface area contributed by atoms with Crippen molar-refractivity contribution in [1.82, 2.24) is 24.0 Å². The van der Waals surface area contributed by atoms with Crippen molar-refractivity contribution in [2.24, 2.45) is 5.73 Å². The number of carbonyl (C=O) groups is 2. The Hall–Kier alpha value is -4.67. The van der Waals surface area contributed by atoms with Gasteiger partial charge in [-0.15, -0.1) is 0 Å². The van der Waals surface area contributed by atoms with E-state index in [0.29, 0.717) is 13.1 Å². The molecule has 1 fully saturated rings. The lowest BCUT2D eigenvalue weighted by Crippen LogP contribution is -2.50. The number of hydrogen-bond acceptors (Lipinski definition) is 9. The molecular weight excluding hydrogens is 633 g/mol. The highest BCUT2D eigenvalue weighted by Crippen LogP contribution is 2.36. The largest absolute Gasteiger partial charge is 0.504 e. The minimum atomic E-state index is -1.75. The van der Waals surface area contributed by atoms with Gasteiger partial charge in [-0.2, -0.15) is 8.78 Å². The maximum Gasteiger partial charge on any atom is 0.263 e. The number of nitrogens with zero attached hydrogens (tertiary/aromatic N) is 6. The van der Waals surface area contributed by atoms with Crippen LogP contribution >= 0.6 is 11.6 Å². The van der Waals surface area contributed by atoms with E-state index in [4.69, 9.17) is 22.1 Å². The number of anilines is 2. The number of nitrogens with two attached hydrogens (primary N) is 1. The van der Waals surface area contributed by atoms with Crippen LogP contribution in [0.3, 0.4) is 0 Å². The molecule has 0 bridgehead atoms. The van der Waals surface area contributed by atoms with Gasteiger partial charge in [-0.25, -0.2) is 14.4 Å². The third kappa shape index (κ3) is 5.41. The van der Waals surface area contributed by atoms with Gasteiger partial charge >= 0.3 is 0 Å². The van der Waals surface area contributed by atoms with E-state index in [1.165, 1.54) is 21.4 Å². The topological polar surface area (TPSA) is 161 Å². The summed E-state index contributed by atoms with van der Waals surface area (Å²) in [5.41, 5.74) is 3.03. The second-order valence-corrected chi connectivity index (χ2v) is 11.6. The summed E-state index contributed by atoms with van der Waals surface area (Å²) in [6, 6.07) is 2.28. The van der Waals surface area contributed by atoms with Crippen molar-refractivity contribution >= 4 is 46.0 Å². The van der Waals surface area contributed by atoms with E-state index in [0.717, 1.165) is 12.6 Å². The fraction of sp³-hybridized carbons (Fsp3) is 0.345. The summed E-state index contributed by atoms with van der Waals surface area (Å²) in [6.07, 6.45) is 1.19. The Kier molecular flexibility index (Phi) is 8.12. The monoisotopic (exact) mass is 660 g/mol. The van der Waals surface area contributed by atoms with E-state index in [9.17, 15) is 28.3 Å². The number of halogens is 4. The Balaban J connectivity index is 1.42. The number of piperazine rings is 1. The molecule has 0 radical (unpaired) electrons. The molecule has 46 heavy (non-hydrogen) atoms. The van der Waals surface area contributed by atoms with Crippen LogP contribution in [-0.4, -0.2) is 80.3 Å². The van der Waals surface area contributed by atoms with Crippen molar-refractivity contribution in [2.45, 2.75) is 32.7 Å². The first kappa shape index (κ1) is 31.3. The van der Waals surface area contributed by atoms with E-state index >= 15 is 4.39 Å². The minimum absolute atomic E-state index is 0.000359. The first-order valence-electron chi connectivity index (χ1n) is 14.2. The van der Waals surface area contributed by atoms with E-state index < -0.39 is 63.4 Å². The molecule has 2 aliphatic rings. The lowest BCUT2D eigenvalue weighted by molar-refractivity contribution is -0.116. The van der Waals surface area contributed by atoms with Gasteiger partial charge in [-0.1, -0.05) is 11.6 Å². The lowest BCUT2D eigenvalue weighted by Gasteiger charge is -2.39. The van der Waals surface area contributed by atoms with Crippen molar-refractivity contribution in [3.05, 3.63) is 62.7 Å². The molecule has 2 aliphatic heterocycles. The number of nitrogens with one attached hydrogen (secondary N) is 1. The van der Waals surface area contributed by atoms with Crippen molar-refractivity contribution in [1.29, 1.82) is 0 Å². The fourth-order valence-corrected chi connectivity index (χ4v) is 5.99. The summed E-state index contributed by atoms with van der Waals surface area (Å²) < 4.78 is 52.8. The van der Waals surface area contributed by atoms with Gasteiger partial charge in [-0.3, -0.25) is 19.0 Å². The number of fused-ring (bicyclic) bond motifs is 2. The molecule has 0 unspecified atom stereocenters. The minimum Gasteiger partial charge on any atom is -0.504 e. The second-order valence-electron chi connectivity index (χ2n) is 11.2. The number of pyridine rings is 1. The fourth-order valence-electron chi connectivity index (χ4n) is 5.84. The molecule has 4 N–H and O–H groups in total. The van der Waals surface area contributed by atoms with E-state index in [1.807, 2.05) is 18.9 Å². The maximum absolute atomic E-state index is 15.3. The third-order valence-corrected chi connectivity index (χ3v) is 8.46. The summed E-state index contributed by atoms with van der Waals surface area (Å²) >= 11 is 6.18. The van der Waals surface area contributed by atoms with Crippen LogP contribution in [0.15, 0.2) is 23.1 Å². The summed E-state index contributed by atoms with van der Waals surface area (Å²) in [5, 5.41) is 11.9. The summed E-state index contributed by atoms with van der Waals surface area (Å²) in [6.45, 7) is 3.74. The first-order chi connectivity index (χ1) is 21.8. The zero-order valence-corrected chi connectivity index (χ0v) is 25.4. The maximum atomic E-state index is 15.3. The Morgan fingerprint density at radius 1 is 1.15 bits per heavy atom. The average molecular weight is 661 g/mol. The smallest absolute Gasteiger partial charge is 0.263 e. The number of rotatable bonds is 6. The number of amides is 2. The van der Waals surface area contributed by atoms with Crippen molar-refractivity contribution in [3.63, 3.8) is 0 Å². The summed E-state index contributed by atoms with van der Waals surface area (Å²) in [7, 11) is 1.97. The number of primary amides is 1. The van der Waals surface area contributed by atoms with Crippen LogP contribution in [0.25, 0.3) is 22.2 Å². The molecule has 13 nitrogen and oxygen atoms in total. The van der Waals surface area contributed by atoms with Gasteiger partial charge in [0.2, 0.25) is 17.7 Å². The highest BCUT2D eigenvalue weighted by Gasteiger charge is 2.29. The van der Waals surface area contributed by atoms with Gasteiger partial charge in [0.25, 0.3) is 11.5 Å². The summed E-state index contributed by atoms with van der Waals surface area (Å²) in [5.74, 6) is -7.02. The predicted molar refractivity (Wildman–Crippen MR) is 161 cm³/mol. The number of ether oxygens (including phenoxy) is 1. The number of likely N-dealkylation sites (N-methyl/N-ethyl adjacent to an activating group) is 1. The molecular formula is C29H28ClF3N8O5. The van der Waals surface area contributed by atoms with Crippen LogP contribution in [0.5, 0.6) is 5.75 Å². The third-order valence-electron chi connectivity index (χ3n) is 8.10. The number of benzene rings is 1. The molecule has 1 atom stereocenters. The number of hydrogen-bond donors (Lipinski definition) is 3. The molecule has 6 rings (SSSR count). The van der Waals surface area contributed by atoms with Gasteiger partial charge in [0.05, 0.1) is 29.8 Å². The highest BCUT2D eigenvalue weighted by atomic mass is 35.5. The molecule has 4 aromatic rings. The molecule has 242 valence electrons. The Bertz CT molecular complexity index is 1980. The van der Waals surface area contributed by atoms with Crippen LogP contribution in [-0.2, 0) is 29.2 Å². The van der Waals surface area contributed by atoms with Crippen LogP contribution in [0.1, 0.15) is 23.1 Å². The molecule has 0 aliphatic carbocycles. The number of aromatic hydroxyl groups is 1. The standard InChI is InChI=1S/C29H28ClF3N8O5/c1-13-9-38(2)3-4-40(13)18-8-17(22(30)26(33)36-18)35-20(42)11-39-10-16(14-7-15(27(34)44)25(43)24(32)23(14)31)21-28(39)37-19-12-46-6-5-41(19)29(21)45/h7-8,10,13,43H,3-6,9,11-12H2,1-2H3,(H2,34,44)(H,35,36,42)/t13-/m0/s1. The molecule has 17 heteroatoms. The van der Waals surface area contributed by atoms with E-state index in [2.05, 4.69) is 20.2 Å². The summed E-state index contributed by atoms with van der Waals surface area (Å²) in [4.78, 5) is 51.5. The Labute approximate surface area is 263 Å². The van der Waals surface area contributed by atoms with Crippen molar-refractivity contribution in [3.8, 4) is 16.9 Å². The second kappa shape index (κ2) is 11.9. The zero-order chi connectivity index (χ0) is 33.0. The van der Waals surface area contributed by atoms with Crippen molar-refractivity contribution < 1.29 is 32.6 Å². The number of phenols is 1. The van der Waals surface area contributed by atoms with E-state index in [1.54, 1.807) is 0 Å². The van der Waals surface area contributed by atoms with Gasteiger partial charge in [0, 0.05) is 49.1 Å². The SMILES string of the molecule is C[C@H]1CN(C)CCN1c1cc(NC(=O)Cn2cc(-c3cc(C(N)=O)c(O)c(F)c3F)c3c(=O)n4c(nc32)COCC4)c(Cl)c(F)n1. The highest BCUT2D eigenvalue weighted by molar-refractivity contribution is 6.33. The van der Waals surface area contributed by atoms with Gasteiger partial charge in [0.15, 0.2) is 11.6 Å². The van der Waals surface area contributed by atoms with Crippen LogP contribution in [0.2, 0.25) is 5.02 Å². The molecule has 3 aromatic heterocycles. The Morgan fingerprint density at radius 2 is 1.91 bits per heavy atom. The molecule has 1 aromatic carbocycles. The van der Waals surface area contributed by atoms with E-state index in [-0.39, 0.29) is 59.7 Å². The van der Waals surface area contributed by atoms with Crippen molar-refractivity contribution in [2.75, 3.05) is 43.5 Å². The lowest BCUT2D eigenvalue weighted by atomic mass is 10.0. The molecule has 0 spiro atoms. The van der Waals surface area contributed by atoms with Gasteiger partial charge in [-0.05, 0) is 20.0 Å². The zero-order valence-electron chi connectivity index (χ0n) is 24.6. The Morgan fingerprint density at radius 3 is 2.63 bits per heavy atom. The van der Waals surface area contributed by atoms with Gasteiger partial charge in [0.1, 0.15) is 35.5 Å². The molecule has 5 heterocycles. The van der Waals surface area contributed by atoms with Crippen LogP contribution in [0, 0.1) is 17.6 Å². The molecule has 0 saturated carbocycles. The number of carbonyl (C=O) groups excluding carboxylic acids is 2. The normalized spacial score (nSPS) is 16.9. The van der Waals surface area contributed by atoms with Crippen LogP contribution in [0.4, 0.5) is 24.7 Å². The predicted octanol–water partition coefficient (Wildman–Crippen LogP) is 2.44.